The Morgan fingerprint density at radius 1 is 1.08 bits per heavy atom. The van der Waals surface area contributed by atoms with Crippen molar-refractivity contribution in [3.05, 3.63) is 53.6 Å². The number of rotatable bonds is 4. The predicted molar refractivity (Wildman–Crippen MR) is 98.4 cm³/mol. The molecule has 1 aliphatic rings. The second-order valence-corrected chi connectivity index (χ2v) is 6.57. The van der Waals surface area contributed by atoms with Crippen molar-refractivity contribution < 1.29 is 14.3 Å². The van der Waals surface area contributed by atoms with E-state index in [1.165, 1.54) is 0 Å². The zero-order valence-corrected chi connectivity index (χ0v) is 14.9. The molecule has 0 radical (unpaired) electrons. The number of carbonyl (C=O) groups excluding carboxylic acids is 1. The Balaban J connectivity index is 1.73. The second kappa shape index (κ2) is 7.05. The number of amides is 2. The van der Waals surface area contributed by atoms with Gasteiger partial charge in [0.1, 0.15) is 13.2 Å². The van der Waals surface area contributed by atoms with Crippen LogP contribution in [0, 0.1) is 0 Å². The smallest absolute Gasteiger partial charge is 0.319 e. The molecule has 5 heteroatoms. The SMILES string of the molecule is CCc1ccccc1NC(=O)NC(C)(C)c1ccc2c(c1)OCCO2. The fraction of sp³-hybridized carbons (Fsp3) is 0.350. The van der Waals surface area contributed by atoms with E-state index >= 15 is 0 Å². The first-order valence-electron chi connectivity index (χ1n) is 8.57. The van der Waals surface area contributed by atoms with Crippen molar-refractivity contribution in [2.45, 2.75) is 32.7 Å². The second-order valence-electron chi connectivity index (χ2n) is 6.57. The minimum Gasteiger partial charge on any atom is -0.486 e. The number of hydrogen-bond acceptors (Lipinski definition) is 3. The van der Waals surface area contributed by atoms with Crippen LogP contribution in [-0.4, -0.2) is 19.2 Å². The van der Waals surface area contributed by atoms with Gasteiger partial charge in [0.15, 0.2) is 11.5 Å². The molecule has 2 amide bonds. The van der Waals surface area contributed by atoms with Gasteiger partial charge in [-0.1, -0.05) is 31.2 Å². The van der Waals surface area contributed by atoms with Gasteiger partial charge in [0.05, 0.1) is 5.54 Å². The lowest BCUT2D eigenvalue weighted by Gasteiger charge is -2.29. The lowest BCUT2D eigenvalue weighted by atomic mass is 9.94. The molecule has 0 aliphatic carbocycles. The van der Waals surface area contributed by atoms with Crippen molar-refractivity contribution in [2.24, 2.45) is 0 Å². The highest BCUT2D eigenvalue weighted by molar-refractivity contribution is 5.90. The monoisotopic (exact) mass is 340 g/mol. The number of hydrogen-bond donors (Lipinski definition) is 2. The highest BCUT2D eigenvalue weighted by atomic mass is 16.6. The van der Waals surface area contributed by atoms with Crippen LogP contribution in [0.15, 0.2) is 42.5 Å². The van der Waals surface area contributed by atoms with Gasteiger partial charge in [-0.25, -0.2) is 4.79 Å². The number of ether oxygens (including phenoxy) is 2. The maximum atomic E-state index is 12.5. The molecule has 2 aromatic carbocycles. The maximum Gasteiger partial charge on any atom is 0.319 e. The van der Waals surface area contributed by atoms with E-state index in [-0.39, 0.29) is 6.03 Å². The minimum atomic E-state index is -0.554. The van der Waals surface area contributed by atoms with E-state index in [4.69, 9.17) is 9.47 Å². The lowest BCUT2D eigenvalue weighted by Crippen LogP contribution is -2.43. The van der Waals surface area contributed by atoms with Crippen molar-refractivity contribution in [3.63, 3.8) is 0 Å². The van der Waals surface area contributed by atoms with Crippen LogP contribution in [0.4, 0.5) is 10.5 Å². The highest BCUT2D eigenvalue weighted by Crippen LogP contribution is 2.34. The molecule has 25 heavy (non-hydrogen) atoms. The molecule has 0 aromatic heterocycles. The Hall–Kier alpha value is -2.69. The van der Waals surface area contributed by atoms with Crippen LogP contribution >= 0.6 is 0 Å². The van der Waals surface area contributed by atoms with Crippen LogP contribution in [-0.2, 0) is 12.0 Å². The number of aryl methyl sites for hydroxylation is 1. The van der Waals surface area contributed by atoms with Crippen molar-refractivity contribution in [1.29, 1.82) is 0 Å². The first kappa shape index (κ1) is 17.1. The quantitative estimate of drug-likeness (QED) is 0.882. The standard InChI is InChI=1S/C20H24N2O3/c1-4-14-7-5-6-8-16(14)21-19(23)22-20(2,3)15-9-10-17-18(13-15)25-12-11-24-17/h5-10,13H,4,11-12H2,1-3H3,(H2,21,22,23). The molecule has 0 saturated carbocycles. The molecule has 132 valence electrons. The predicted octanol–water partition coefficient (Wildman–Crippen LogP) is 4.08. The van der Waals surface area contributed by atoms with E-state index < -0.39 is 5.54 Å². The average molecular weight is 340 g/mol. The van der Waals surface area contributed by atoms with Crippen molar-refractivity contribution in [2.75, 3.05) is 18.5 Å². The Morgan fingerprint density at radius 2 is 1.80 bits per heavy atom. The van der Waals surface area contributed by atoms with Crippen LogP contribution in [0.5, 0.6) is 11.5 Å². The third-order valence-corrected chi connectivity index (χ3v) is 4.34. The lowest BCUT2D eigenvalue weighted by molar-refractivity contribution is 0.171. The number of anilines is 1. The summed E-state index contributed by atoms with van der Waals surface area (Å²) >= 11 is 0. The average Bonchev–Trinajstić information content (AvgIpc) is 2.61. The number of fused-ring (bicyclic) bond motifs is 1. The summed E-state index contributed by atoms with van der Waals surface area (Å²) in [4.78, 5) is 12.5. The third kappa shape index (κ3) is 3.87. The molecule has 0 unspecified atom stereocenters. The normalized spacial score (nSPS) is 13.2. The molecule has 2 N–H and O–H groups in total. The molecule has 1 heterocycles. The summed E-state index contributed by atoms with van der Waals surface area (Å²) in [5, 5.41) is 5.98. The van der Waals surface area contributed by atoms with E-state index in [9.17, 15) is 4.79 Å². The number of carbonyl (C=O) groups is 1. The van der Waals surface area contributed by atoms with Gasteiger partial charge in [-0.05, 0) is 49.6 Å². The highest BCUT2D eigenvalue weighted by Gasteiger charge is 2.25. The summed E-state index contributed by atoms with van der Waals surface area (Å²) in [6, 6.07) is 13.3. The van der Waals surface area contributed by atoms with E-state index in [0.717, 1.165) is 34.7 Å². The fourth-order valence-corrected chi connectivity index (χ4v) is 2.89. The van der Waals surface area contributed by atoms with E-state index in [0.29, 0.717) is 13.2 Å². The van der Waals surface area contributed by atoms with Crippen LogP contribution < -0.4 is 20.1 Å². The van der Waals surface area contributed by atoms with Gasteiger partial charge >= 0.3 is 6.03 Å². The molecule has 0 spiro atoms. The Kier molecular flexibility index (Phi) is 4.83. The van der Waals surface area contributed by atoms with Crippen LogP contribution in [0.25, 0.3) is 0 Å². The largest absolute Gasteiger partial charge is 0.486 e. The van der Waals surface area contributed by atoms with E-state index in [1.54, 1.807) is 0 Å². The van der Waals surface area contributed by atoms with Crippen molar-refractivity contribution in [3.8, 4) is 11.5 Å². The molecule has 0 atom stereocenters. The van der Waals surface area contributed by atoms with Crippen molar-refractivity contribution >= 4 is 11.7 Å². The van der Waals surface area contributed by atoms with Gasteiger partial charge < -0.3 is 20.1 Å². The number of nitrogens with one attached hydrogen (secondary N) is 2. The number of urea groups is 1. The van der Waals surface area contributed by atoms with Gasteiger partial charge in [-0.2, -0.15) is 0 Å². The molecule has 5 nitrogen and oxygen atoms in total. The van der Waals surface area contributed by atoms with Gasteiger partial charge in [0, 0.05) is 5.69 Å². The van der Waals surface area contributed by atoms with E-state index in [2.05, 4.69) is 17.6 Å². The van der Waals surface area contributed by atoms with Gasteiger partial charge in [-0.15, -0.1) is 0 Å². The van der Waals surface area contributed by atoms with Crippen LogP contribution in [0.3, 0.4) is 0 Å². The van der Waals surface area contributed by atoms with Crippen LogP contribution in [0.2, 0.25) is 0 Å². The molecule has 2 aromatic rings. The first-order chi connectivity index (χ1) is 12.0. The zero-order valence-electron chi connectivity index (χ0n) is 14.9. The number of benzene rings is 2. The molecule has 3 rings (SSSR count). The number of para-hydroxylation sites is 1. The molecule has 1 aliphatic heterocycles. The summed E-state index contributed by atoms with van der Waals surface area (Å²) in [6.07, 6.45) is 0.863. The summed E-state index contributed by atoms with van der Waals surface area (Å²) in [5.74, 6) is 1.46. The Labute approximate surface area is 148 Å². The van der Waals surface area contributed by atoms with Gasteiger partial charge in [-0.3, -0.25) is 0 Å². The van der Waals surface area contributed by atoms with Crippen LogP contribution in [0.1, 0.15) is 31.9 Å². The Morgan fingerprint density at radius 3 is 2.56 bits per heavy atom. The first-order valence-corrected chi connectivity index (χ1v) is 8.57. The molecule has 0 bridgehead atoms. The summed E-state index contributed by atoms with van der Waals surface area (Å²) in [6.45, 7) is 7.09. The summed E-state index contributed by atoms with van der Waals surface area (Å²) < 4.78 is 11.2. The topological polar surface area (TPSA) is 59.6 Å². The maximum absolute atomic E-state index is 12.5. The van der Waals surface area contributed by atoms with E-state index in [1.807, 2.05) is 56.3 Å². The molecular weight excluding hydrogens is 316 g/mol. The van der Waals surface area contributed by atoms with Gasteiger partial charge in [0.25, 0.3) is 0 Å². The summed E-state index contributed by atoms with van der Waals surface area (Å²) in [7, 11) is 0. The minimum absolute atomic E-state index is 0.235. The Bertz CT molecular complexity index is 771. The van der Waals surface area contributed by atoms with Crippen molar-refractivity contribution in [1.82, 2.24) is 5.32 Å². The third-order valence-electron chi connectivity index (χ3n) is 4.34. The molecular formula is C20H24N2O3. The fourth-order valence-electron chi connectivity index (χ4n) is 2.89. The zero-order chi connectivity index (χ0) is 17.9. The molecule has 0 saturated heterocycles. The molecule has 0 fully saturated rings. The van der Waals surface area contributed by atoms with Gasteiger partial charge in [0.2, 0.25) is 0 Å². The summed E-state index contributed by atoms with van der Waals surface area (Å²) in [5.41, 5.74) is 2.34.